The Kier molecular flexibility index (Phi) is 8.32. The van der Waals surface area contributed by atoms with E-state index in [2.05, 4.69) is 9.80 Å². The number of aromatic hydroxyl groups is 2. The minimum absolute atomic E-state index is 0.0991. The predicted molar refractivity (Wildman–Crippen MR) is 136 cm³/mol. The van der Waals surface area contributed by atoms with Crippen molar-refractivity contribution in [3.63, 3.8) is 0 Å². The van der Waals surface area contributed by atoms with Crippen LogP contribution in [0, 0.1) is 10.8 Å². The fourth-order valence-corrected chi connectivity index (χ4v) is 3.98. The molecule has 0 aromatic heterocycles. The summed E-state index contributed by atoms with van der Waals surface area (Å²) in [5.41, 5.74) is 1.37. The number of likely N-dealkylation sites (N-methyl/N-ethyl adjacent to an activating group) is 1. The number of alkyl halides is 3. The van der Waals surface area contributed by atoms with Gasteiger partial charge in [-0.05, 0) is 48.9 Å². The average molecular weight is 521 g/mol. The highest BCUT2D eigenvalue weighted by atomic mass is 19.4. The maximum absolute atomic E-state index is 12.7. The summed E-state index contributed by atoms with van der Waals surface area (Å²) < 4.78 is 38.0. The molecular formula is C25H31F3N6O3. The molecule has 1 aliphatic heterocycles. The van der Waals surface area contributed by atoms with Gasteiger partial charge in [-0.15, -0.1) is 0 Å². The largest absolute Gasteiger partial charge is 0.508 e. The van der Waals surface area contributed by atoms with Crippen molar-refractivity contribution < 1.29 is 28.2 Å². The van der Waals surface area contributed by atoms with E-state index in [0.29, 0.717) is 5.56 Å². The number of carbonyl (C=O) groups is 1. The predicted octanol–water partition coefficient (Wildman–Crippen LogP) is 3.46. The number of amidine groups is 2. The Labute approximate surface area is 213 Å². The van der Waals surface area contributed by atoms with Gasteiger partial charge in [-0.3, -0.25) is 20.5 Å². The molecule has 1 heterocycles. The van der Waals surface area contributed by atoms with Gasteiger partial charge >= 0.3 is 6.18 Å². The van der Waals surface area contributed by atoms with Crippen LogP contribution in [0.5, 0.6) is 11.5 Å². The molecule has 1 fully saturated rings. The Morgan fingerprint density at radius 2 is 1.65 bits per heavy atom. The number of halogens is 3. The Morgan fingerprint density at radius 1 is 1.05 bits per heavy atom. The molecule has 0 bridgehead atoms. The zero-order valence-electron chi connectivity index (χ0n) is 20.9. The van der Waals surface area contributed by atoms with Gasteiger partial charge in [-0.25, -0.2) is 0 Å². The van der Waals surface area contributed by atoms with Crippen molar-refractivity contribution in [2.45, 2.75) is 25.9 Å². The third kappa shape index (κ3) is 6.70. The number of piperazine rings is 1. The maximum Gasteiger partial charge on any atom is 0.405 e. The molecular weight excluding hydrogens is 489 g/mol. The molecule has 0 aliphatic carbocycles. The normalized spacial score (nSPS) is 14.5. The first-order chi connectivity index (χ1) is 17.3. The van der Waals surface area contributed by atoms with E-state index in [1.807, 2.05) is 7.05 Å². The van der Waals surface area contributed by atoms with E-state index >= 15 is 0 Å². The molecule has 9 nitrogen and oxygen atoms in total. The summed E-state index contributed by atoms with van der Waals surface area (Å²) in [6, 6.07) is 9.05. The van der Waals surface area contributed by atoms with Gasteiger partial charge in [0.1, 0.15) is 23.9 Å². The first-order valence-corrected chi connectivity index (χ1v) is 11.7. The monoisotopic (exact) mass is 520 g/mol. The summed E-state index contributed by atoms with van der Waals surface area (Å²) in [5.74, 6) is -3.63. The summed E-state index contributed by atoms with van der Waals surface area (Å²) in [7, 11) is 2.03. The molecule has 0 unspecified atom stereocenters. The maximum atomic E-state index is 12.7. The standard InChI is InChI=1S/C25H31F3N6O3/c1-15(2)18-12-19(21(36)13-20(18)35)22(29)34(23(30)24(37)31-14-25(26,27)28)17-6-4-16(5-7-17)33-10-8-32(3)9-11-33/h4-7,12-13,15,29-30,35-36H,8-11,14H2,1-3H3,(H,31,37). The van der Waals surface area contributed by atoms with E-state index in [-0.39, 0.29) is 22.9 Å². The molecule has 37 heavy (non-hydrogen) atoms. The fraction of sp³-hybridized carbons (Fsp3) is 0.400. The van der Waals surface area contributed by atoms with Crippen LogP contribution < -0.4 is 15.1 Å². The van der Waals surface area contributed by atoms with Crippen molar-refractivity contribution >= 4 is 29.0 Å². The van der Waals surface area contributed by atoms with Crippen LogP contribution in [0.15, 0.2) is 36.4 Å². The lowest BCUT2D eigenvalue weighted by Gasteiger charge is -2.34. The van der Waals surface area contributed by atoms with E-state index in [4.69, 9.17) is 10.8 Å². The van der Waals surface area contributed by atoms with Gasteiger partial charge in [0.05, 0.1) is 5.56 Å². The van der Waals surface area contributed by atoms with Crippen LogP contribution in [0.4, 0.5) is 24.5 Å². The van der Waals surface area contributed by atoms with Gasteiger partial charge in [0.15, 0.2) is 5.84 Å². The van der Waals surface area contributed by atoms with Crippen LogP contribution in [-0.4, -0.2) is 78.6 Å². The van der Waals surface area contributed by atoms with Crippen molar-refractivity contribution in [2.24, 2.45) is 0 Å². The van der Waals surface area contributed by atoms with Crippen LogP contribution in [0.3, 0.4) is 0 Å². The summed E-state index contributed by atoms with van der Waals surface area (Å²) >= 11 is 0. The number of phenolic OH excluding ortho intramolecular Hbond substituents is 2. The van der Waals surface area contributed by atoms with Crippen LogP contribution >= 0.6 is 0 Å². The number of rotatable bonds is 5. The van der Waals surface area contributed by atoms with Crippen molar-refractivity contribution in [3.05, 3.63) is 47.5 Å². The second-order valence-corrected chi connectivity index (χ2v) is 9.22. The lowest BCUT2D eigenvalue weighted by molar-refractivity contribution is -0.134. The number of amides is 1. The number of anilines is 2. The molecule has 0 atom stereocenters. The van der Waals surface area contributed by atoms with Gasteiger partial charge in [0.25, 0.3) is 5.91 Å². The van der Waals surface area contributed by atoms with Gasteiger partial charge < -0.3 is 25.3 Å². The second-order valence-electron chi connectivity index (χ2n) is 9.22. The Bertz CT molecular complexity index is 1160. The number of nitrogens with zero attached hydrogens (tertiary/aromatic N) is 3. The minimum Gasteiger partial charge on any atom is -0.508 e. The van der Waals surface area contributed by atoms with Gasteiger partial charge in [-0.2, -0.15) is 13.2 Å². The molecule has 1 amide bonds. The molecule has 2 aromatic carbocycles. The number of benzene rings is 2. The van der Waals surface area contributed by atoms with Crippen LogP contribution in [-0.2, 0) is 4.79 Å². The number of nitrogens with one attached hydrogen (secondary N) is 3. The quantitative estimate of drug-likeness (QED) is 0.304. The smallest absolute Gasteiger partial charge is 0.405 e. The first-order valence-electron chi connectivity index (χ1n) is 11.7. The van der Waals surface area contributed by atoms with Crippen LogP contribution in [0.25, 0.3) is 0 Å². The molecule has 12 heteroatoms. The highest BCUT2D eigenvalue weighted by molar-refractivity contribution is 6.48. The molecule has 0 radical (unpaired) electrons. The third-order valence-electron chi connectivity index (χ3n) is 6.11. The van der Waals surface area contributed by atoms with E-state index < -0.39 is 36.0 Å². The van der Waals surface area contributed by atoms with Gasteiger partial charge in [0, 0.05) is 43.6 Å². The van der Waals surface area contributed by atoms with Crippen molar-refractivity contribution in [1.82, 2.24) is 10.2 Å². The summed E-state index contributed by atoms with van der Waals surface area (Å²) in [5, 5.41) is 39.4. The third-order valence-corrected chi connectivity index (χ3v) is 6.11. The van der Waals surface area contributed by atoms with Crippen molar-refractivity contribution in [1.29, 1.82) is 10.8 Å². The summed E-state index contributed by atoms with van der Waals surface area (Å²) in [6.07, 6.45) is -4.68. The Balaban J connectivity index is 1.99. The number of hydrogen-bond donors (Lipinski definition) is 5. The topological polar surface area (TPSA) is 127 Å². The minimum atomic E-state index is -4.68. The van der Waals surface area contributed by atoms with Gasteiger partial charge in [-0.1, -0.05) is 13.8 Å². The van der Waals surface area contributed by atoms with Crippen LogP contribution in [0.2, 0.25) is 0 Å². The van der Waals surface area contributed by atoms with E-state index in [1.54, 1.807) is 43.4 Å². The fourth-order valence-electron chi connectivity index (χ4n) is 3.98. The average Bonchev–Trinajstić information content (AvgIpc) is 2.82. The lowest BCUT2D eigenvalue weighted by Crippen LogP contribution is -2.48. The molecule has 2 aromatic rings. The van der Waals surface area contributed by atoms with E-state index in [1.165, 1.54) is 6.07 Å². The molecule has 1 aliphatic rings. The zero-order valence-corrected chi connectivity index (χ0v) is 20.9. The van der Waals surface area contributed by atoms with E-state index in [0.717, 1.165) is 42.8 Å². The molecule has 5 N–H and O–H groups in total. The molecule has 0 saturated carbocycles. The second kappa shape index (κ2) is 11.1. The molecule has 200 valence electrons. The number of phenols is 2. The lowest BCUT2D eigenvalue weighted by atomic mass is 9.98. The van der Waals surface area contributed by atoms with E-state index in [9.17, 15) is 28.2 Å². The van der Waals surface area contributed by atoms with Crippen LogP contribution in [0.1, 0.15) is 30.9 Å². The van der Waals surface area contributed by atoms with Crippen molar-refractivity contribution in [2.75, 3.05) is 49.6 Å². The SMILES string of the molecule is CC(C)c1cc(C(=N)N(C(=N)C(=O)NCC(F)(F)F)c2ccc(N3CCN(C)CC3)cc2)c(O)cc1O. The highest BCUT2D eigenvalue weighted by Gasteiger charge is 2.32. The number of hydrogen-bond acceptors (Lipinski definition) is 7. The zero-order chi connectivity index (χ0) is 27.5. The Morgan fingerprint density at radius 3 is 2.19 bits per heavy atom. The highest BCUT2D eigenvalue weighted by Crippen LogP contribution is 2.34. The molecule has 1 saturated heterocycles. The number of carbonyl (C=O) groups excluding carboxylic acids is 1. The molecule has 3 rings (SSSR count). The van der Waals surface area contributed by atoms with Gasteiger partial charge in [0.2, 0.25) is 0 Å². The summed E-state index contributed by atoms with van der Waals surface area (Å²) in [6.45, 7) is 5.29. The summed E-state index contributed by atoms with van der Waals surface area (Å²) in [4.78, 5) is 17.7. The molecule has 0 spiro atoms. The first kappa shape index (κ1) is 27.8. The Hall–Kier alpha value is -3.80. The van der Waals surface area contributed by atoms with Crippen molar-refractivity contribution in [3.8, 4) is 11.5 Å².